The first-order chi connectivity index (χ1) is 11.1. The summed E-state index contributed by atoms with van der Waals surface area (Å²) >= 11 is 3.39. The van der Waals surface area contributed by atoms with Crippen LogP contribution in [0.5, 0.6) is 0 Å². The molecule has 0 saturated heterocycles. The summed E-state index contributed by atoms with van der Waals surface area (Å²) in [6.07, 6.45) is 1.01. The Morgan fingerprint density at radius 2 is 1.87 bits per heavy atom. The molecule has 0 fully saturated rings. The molecular weight excluding hydrogens is 356 g/mol. The average Bonchev–Trinajstić information content (AvgIpc) is 2.94. The largest absolute Gasteiger partial charge is 0.365 e. The first-order valence-corrected chi connectivity index (χ1v) is 8.29. The van der Waals surface area contributed by atoms with Crippen LogP contribution in [0.3, 0.4) is 0 Å². The number of nitrogens with zero attached hydrogens (tertiary/aromatic N) is 2. The first kappa shape index (κ1) is 15.9. The molecule has 1 N–H and O–H groups in total. The van der Waals surface area contributed by atoms with Crippen LogP contribution >= 0.6 is 15.9 Å². The average molecular weight is 373 g/mol. The Morgan fingerprint density at radius 3 is 2.52 bits per heavy atom. The predicted octanol–water partition coefficient (Wildman–Crippen LogP) is 3.91. The van der Waals surface area contributed by atoms with Crippen molar-refractivity contribution >= 4 is 27.5 Å². The summed E-state index contributed by atoms with van der Waals surface area (Å²) in [5, 5.41) is 16.8. The molecule has 1 aliphatic heterocycles. The van der Waals surface area contributed by atoms with Crippen LogP contribution in [-0.2, 0) is 5.72 Å². The van der Waals surface area contributed by atoms with E-state index in [1.807, 2.05) is 43.3 Å². The molecule has 1 amide bonds. The summed E-state index contributed by atoms with van der Waals surface area (Å²) in [6.45, 7) is 1.97. The van der Waals surface area contributed by atoms with Crippen molar-refractivity contribution in [1.82, 2.24) is 5.01 Å². The van der Waals surface area contributed by atoms with Crippen LogP contribution in [0.15, 0.2) is 64.2 Å². The molecule has 0 saturated carbocycles. The zero-order valence-corrected chi connectivity index (χ0v) is 14.3. The molecule has 0 aliphatic carbocycles. The molecule has 1 heterocycles. The van der Waals surface area contributed by atoms with Crippen LogP contribution in [-0.4, -0.2) is 21.7 Å². The van der Waals surface area contributed by atoms with Gasteiger partial charge in [-0.1, -0.05) is 49.4 Å². The van der Waals surface area contributed by atoms with Gasteiger partial charge in [0.1, 0.15) is 0 Å². The van der Waals surface area contributed by atoms with Crippen molar-refractivity contribution in [2.45, 2.75) is 25.5 Å². The molecule has 1 atom stereocenters. The van der Waals surface area contributed by atoms with Crippen molar-refractivity contribution in [3.63, 3.8) is 0 Å². The van der Waals surface area contributed by atoms with Crippen molar-refractivity contribution in [1.29, 1.82) is 0 Å². The zero-order valence-electron chi connectivity index (χ0n) is 12.7. The topological polar surface area (TPSA) is 52.9 Å². The van der Waals surface area contributed by atoms with E-state index >= 15 is 0 Å². The third-order valence-electron chi connectivity index (χ3n) is 3.98. The number of benzene rings is 2. The van der Waals surface area contributed by atoms with Gasteiger partial charge in [0.2, 0.25) is 0 Å². The Morgan fingerprint density at radius 1 is 1.22 bits per heavy atom. The summed E-state index contributed by atoms with van der Waals surface area (Å²) in [5.41, 5.74) is 0.492. The van der Waals surface area contributed by atoms with Gasteiger partial charge in [-0.25, -0.2) is 0 Å². The minimum Gasteiger partial charge on any atom is -0.365 e. The smallest absolute Gasteiger partial charge is 0.278 e. The lowest BCUT2D eigenvalue weighted by atomic mass is 9.96. The van der Waals surface area contributed by atoms with E-state index in [-0.39, 0.29) is 5.91 Å². The van der Waals surface area contributed by atoms with Crippen LogP contribution in [0.2, 0.25) is 0 Å². The highest BCUT2D eigenvalue weighted by Gasteiger charge is 2.45. The summed E-state index contributed by atoms with van der Waals surface area (Å²) in [4.78, 5) is 12.9. The lowest BCUT2D eigenvalue weighted by Gasteiger charge is -2.31. The SMILES string of the molecule is CCC1=NN(C(=O)c2ccccc2Br)C(O)(c2ccccc2)C1. The number of hydrogen-bond acceptors (Lipinski definition) is 3. The van der Waals surface area contributed by atoms with Gasteiger partial charge >= 0.3 is 0 Å². The second-order valence-corrected chi connectivity index (χ2v) is 6.33. The number of aliphatic hydroxyl groups is 1. The second kappa shape index (κ2) is 6.26. The number of hydrogen-bond donors (Lipinski definition) is 1. The van der Waals surface area contributed by atoms with E-state index in [0.717, 1.165) is 5.71 Å². The third kappa shape index (κ3) is 2.82. The van der Waals surface area contributed by atoms with Crippen LogP contribution < -0.4 is 0 Å². The molecule has 23 heavy (non-hydrogen) atoms. The normalized spacial score (nSPS) is 20.5. The number of carbonyl (C=O) groups excluding carboxylic acids is 1. The molecule has 5 heteroatoms. The molecule has 4 nitrogen and oxygen atoms in total. The predicted molar refractivity (Wildman–Crippen MR) is 93.0 cm³/mol. The van der Waals surface area contributed by atoms with Gasteiger partial charge in [-0.05, 0) is 34.5 Å². The molecule has 1 aliphatic rings. The summed E-state index contributed by atoms with van der Waals surface area (Å²) < 4.78 is 0.681. The van der Waals surface area contributed by atoms with Crippen molar-refractivity contribution in [2.24, 2.45) is 5.10 Å². The third-order valence-corrected chi connectivity index (χ3v) is 4.67. The van der Waals surface area contributed by atoms with E-state index in [0.29, 0.717) is 28.4 Å². The molecular formula is C18H17BrN2O2. The van der Waals surface area contributed by atoms with Gasteiger partial charge in [-0.3, -0.25) is 4.79 Å². The Labute approximate surface area is 143 Å². The van der Waals surface area contributed by atoms with Gasteiger partial charge < -0.3 is 5.11 Å². The van der Waals surface area contributed by atoms with Gasteiger partial charge in [0, 0.05) is 22.2 Å². The van der Waals surface area contributed by atoms with Crippen molar-refractivity contribution in [2.75, 3.05) is 0 Å². The fraction of sp³-hybridized carbons (Fsp3) is 0.222. The number of halogens is 1. The number of hydrazone groups is 1. The highest BCUT2D eigenvalue weighted by atomic mass is 79.9. The quantitative estimate of drug-likeness (QED) is 0.887. The number of rotatable bonds is 3. The van der Waals surface area contributed by atoms with E-state index in [1.165, 1.54) is 5.01 Å². The van der Waals surface area contributed by atoms with Gasteiger partial charge in [0.05, 0.1) is 5.56 Å². The number of amides is 1. The molecule has 1 unspecified atom stereocenters. The minimum atomic E-state index is -1.45. The maximum atomic E-state index is 12.9. The summed E-state index contributed by atoms with van der Waals surface area (Å²) in [6, 6.07) is 16.4. The van der Waals surface area contributed by atoms with Crippen LogP contribution in [0.4, 0.5) is 0 Å². The fourth-order valence-corrected chi connectivity index (χ4v) is 3.16. The van der Waals surface area contributed by atoms with Gasteiger partial charge in [-0.15, -0.1) is 0 Å². The van der Waals surface area contributed by atoms with Gasteiger partial charge in [-0.2, -0.15) is 10.1 Å². The van der Waals surface area contributed by atoms with Gasteiger partial charge in [0.25, 0.3) is 5.91 Å². The van der Waals surface area contributed by atoms with Crippen LogP contribution in [0.25, 0.3) is 0 Å². The monoisotopic (exact) mass is 372 g/mol. The molecule has 0 spiro atoms. The van der Waals surface area contributed by atoms with Crippen molar-refractivity contribution in [3.8, 4) is 0 Å². The second-order valence-electron chi connectivity index (χ2n) is 5.48. The molecule has 2 aromatic carbocycles. The Hall–Kier alpha value is -1.98. The first-order valence-electron chi connectivity index (χ1n) is 7.49. The van der Waals surface area contributed by atoms with E-state index in [9.17, 15) is 9.90 Å². The summed E-state index contributed by atoms with van der Waals surface area (Å²) in [7, 11) is 0. The van der Waals surface area contributed by atoms with E-state index in [4.69, 9.17) is 0 Å². The Kier molecular flexibility index (Phi) is 4.33. The Bertz CT molecular complexity index is 761. The van der Waals surface area contributed by atoms with E-state index < -0.39 is 5.72 Å². The van der Waals surface area contributed by atoms with E-state index in [2.05, 4.69) is 21.0 Å². The summed E-state index contributed by atoms with van der Waals surface area (Å²) in [5.74, 6) is -0.327. The maximum Gasteiger partial charge on any atom is 0.278 e. The molecule has 118 valence electrons. The minimum absolute atomic E-state index is 0.323. The van der Waals surface area contributed by atoms with Crippen LogP contribution in [0, 0.1) is 0 Å². The standard InChI is InChI=1S/C18H17BrN2O2/c1-2-14-12-18(23,13-8-4-3-5-9-13)21(20-14)17(22)15-10-6-7-11-16(15)19/h3-11,23H,2,12H2,1H3. The van der Waals surface area contributed by atoms with Gasteiger partial charge in [0.15, 0.2) is 5.72 Å². The lowest BCUT2D eigenvalue weighted by molar-refractivity contribution is -0.0766. The zero-order chi connectivity index (χ0) is 16.4. The lowest BCUT2D eigenvalue weighted by Crippen LogP contribution is -2.43. The highest BCUT2D eigenvalue weighted by molar-refractivity contribution is 9.10. The Balaban J connectivity index is 2.05. The fourth-order valence-electron chi connectivity index (χ4n) is 2.71. The molecule has 0 radical (unpaired) electrons. The van der Waals surface area contributed by atoms with Crippen molar-refractivity contribution < 1.29 is 9.90 Å². The highest BCUT2D eigenvalue weighted by Crippen LogP contribution is 2.37. The van der Waals surface area contributed by atoms with E-state index in [1.54, 1.807) is 18.2 Å². The molecule has 0 bridgehead atoms. The van der Waals surface area contributed by atoms with Crippen LogP contribution in [0.1, 0.15) is 35.7 Å². The molecule has 3 rings (SSSR count). The number of carbonyl (C=O) groups is 1. The maximum absolute atomic E-state index is 12.9. The molecule has 2 aromatic rings. The molecule has 0 aromatic heterocycles. The van der Waals surface area contributed by atoms with Crippen molar-refractivity contribution in [3.05, 3.63) is 70.2 Å².